The molecule has 6 heteroatoms. The van der Waals surface area contributed by atoms with Crippen molar-refractivity contribution >= 4 is 0 Å². The molecule has 6 nitrogen and oxygen atoms in total. The largest absolute Gasteiger partial charge is 0.377 e. The van der Waals surface area contributed by atoms with Crippen molar-refractivity contribution in [2.45, 2.75) is 50.7 Å². The van der Waals surface area contributed by atoms with Crippen LogP contribution in [0.2, 0.25) is 0 Å². The van der Waals surface area contributed by atoms with Gasteiger partial charge in [-0.05, 0) is 32.6 Å². The van der Waals surface area contributed by atoms with Gasteiger partial charge in [-0.1, -0.05) is 5.16 Å². The first-order chi connectivity index (χ1) is 10.8. The van der Waals surface area contributed by atoms with Crippen LogP contribution in [0.15, 0.2) is 4.52 Å². The zero-order valence-electron chi connectivity index (χ0n) is 13.4. The molecule has 3 heterocycles. The van der Waals surface area contributed by atoms with E-state index in [9.17, 15) is 0 Å². The molecule has 0 spiro atoms. The number of rotatable bonds is 5. The first-order valence-electron chi connectivity index (χ1n) is 8.71. The lowest BCUT2D eigenvalue weighted by Gasteiger charge is -2.37. The summed E-state index contributed by atoms with van der Waals surface area (Å²) < 4.78 is 11.2. The van der Waals surface area contributed by atoms with Gasteiger partial charge >= 0.3 is 0 Å². The molecule has 3 aliphatic rings. The molecule has 2 atom stereocenters. The average molecular weight is 306 g/mol. The van der Waals surface area contributed by atoms with Crippen molar-refractivity contribution in [2.75, 3.05) is 39.3 Å². The summed E-state index contributed by atoms with van der Waals surface area (Å²) in [7, 11) is 0. The number of aromatic nitrogens is 2. The summed E-state index contributed by atoms with van der Waals surface area (Å²) in [6, 6.07) is 0.227. The third kappa shape index (κ3) is 3.19. The normalized spacial score (nSPS) is 29.0. The zero-order valence-corrected chi connectivity index (χ0v) is 13.4. The first-order valence-corrected chi connectivity index (χ1v) is 8.71. The van der Waals surface area contributed by atoms with Gasteiger partial charge in [-0.2, -0.15) is 4.98 Å². The Balaban J connectivity index is 1.28. The molecule has 0 radical (unpaired) electrons. The second-order valence-corrected chi connectivity index (χ2v) is 6.91. The van der Waals surface area contributed by atoms with Crippen LogP contribution in [-0.2, 0) is 4.74 Å². The van der Waals surface area contributed by atoms with Gasteiger partial charge in [0.1, 0.15) is 0 Å². The van der Waals surface area contributed by atoms with Crippen molar-refractivity contribution in [2.24, 2.45) is 0 Å². The molecular weight excluding hydrogens is 280 g/mol. The molecule has 1 saturated carbocycles. The van der Waals surface area contributed by atoms with E-state index in [0.29, 0.717) is 12.0 Å². The number of ether oxygens (including phenoxy) is 1. The Morgan fingerprint density at radius 2 is 2.00 bits per heavy atom. The minimum Gasteiger partial charge on any atom is -0.377 e. The van der Waals surface area contributed by atoms with Crippen molar-refractivity contribution in [3.05, 3.63) is 11.7 Å². The van der Waals surface area contributed by atoms with E-state index >= 15 is 0 Å². The molecule has 1 aromatic heterocycles. The molecule has 0 aromatic carbocycles. The van der Waals surface area contributed by atoms with Crippen molar-refractivity contribution in [3.63, 3.8) is 0 Å². The average Bonchev–Trinajstić information content (AvgIpc) is 3.06. The maximum absolute atomic E-state index is 5.74. The van der Waals surface area contributed by atoms with E-state index in [4.69, 9.17) is 9.26 Å². The van der Waals surface area contributed by atoms with E-state index in [1.807, 2.05) is 0 Å². The van der Waals surface area contributed by atoms with Crippen LogP contribution in [0.3, 0.4) is 0 Å². The Kier molecular flexibility index (Phi) is 4.15. The van der Waals surface area contributed by atoms with Gasteiger partial charge in [0.2, 0.25) is 5.89 Å². The van der Waals surface area contributed by atoms with Crippen molar-refractivity contribution in [1.29, 1.82) is 0 Å². The molecule has 3 fully saturated rings. The number of hydrogen-bond acceptors (Lipinski definition) is 6. The Hall–Kier alpha value is -0.980. The molecule has 2 aliphatic heterocycles. The van der Waals surface area contributed by atoms with Crippen LogP contribution in [0.4, 0.5) is 0 Å². The summed E-state index contributed by atoms with van der Waals surface area (Å²) in [5.41, 5.74) is 0. The van der Waals surface area contributed by atoms with Gasteiger partial charge in [-0.25, -0.2) is 0 Å². The summed E-state index contributed by atoms with van der Waals surface area (Å²) in [6.45, 7) is 8.56. The van der Waals surface area contributed by atoms with Gasteiger partial charge in [-0.15, -0.1) is 0 Å². The standard InChI is InChI=1S/C16H26N4O2/c1-12(16-17-15(18-22-16)13-4-5-13)20-8-6-19(7-9-20)11-14-3-2-10-21-14/h12-14H,2-11H2,1H3/t12-,14-/m1/s1. The predicted octanol–water partition coefficient (Wildman–Crippen LogP) is 1.80. The summed E-state index contributed by atoms with van der Waals surface area (Å²) in [6.07, 6.45) is 5.34. The van der Waals surface area contributed by atoms with Gasteiger partial charge in [-0.3, -0.25) is 9.80 Å². The van der Waals surface area contributed by atoms with Crippen molar-refractivity contribution in [1.82, 2.24) is 19.9 Å². The second-order valence-electron chi connectivity index (χ2n) is 6.91. The maximum Gasteiger partial charge on any atom is 0.243 e. The Bertz CT molecular complexity index is 488. The molecular formula is C16H26N4O2. The predicted molar refractivity (Wildman–Crippen MR) is 81.7 cm³/mol. The Morgan fingerprint density at radius 1 is 1.18 bits per heavy atom. The molecule has 2 saturated heterocycles. The van der Waals surface area contributed by atoms with Crippen molar-refractivity contribution in [3.8, 4) is 0 Å². The van der Waals surface area contributed by atoms with Gasteiger partial charge < -0.3 is 9.26 Å². The Labute approximate surface area is 131 Å². The lowest BCUT2D eigenvalue weighted by Crippen LogP contribution is -2.49. The second kappa shape index (κ2) is 6.26. The van der Waals surface area contributed by atoms with E-state index in [0.717, 1.165) is 51.0 Å². The lowest BCUT2D eigenvalue weighted by atomic mass is 10.2. The summed E-state index contributed by atoms with van der Waals surface area (Å²) in [5, 5.41) is 4.14. The SMILES string of the molecule is C[C@H](c1nc(C2CC2)no1)N1CCN(C[C@H]2CCCO2)CC1. The maximum atomic E-state index is 5.74. The highest BCUT2D eigenvalue weighted by atomic mass is 16.5. The van der Waals surface area contributed by atoms with Gasteiger partial charge in [0.15, 0.2) is 5.82 Å². The van der Waals surface area contributed by atoms with E-state index in [2.05, 4.69) is 26.9 Å². The fourth-order valence-corrected chi connectivity index (χ4v) is 3.49. The van der Waals surface area contributed by atoms with Gasteiger partial charge in [0.05, 0.1) is 12.1 Å². The minimum atomic E-state index is 0.227. The van der Waals surface area contributed by atoms with E-state index in [1.54, 1.807) is 0 Å². The van der Waals surface area contributed by atoms with Crippen molar-refractivity contribution < 1.29 is 9.26 Å². The molecule has 0 unspecified atom stereocenters. The molecule has 0 N–H and O–H groups in total. The van der Waals surface area contributed by atoms with E-state index < -0.39 is 0 Å². The van der Waals surface area contributed by atoms with Crippen LogP contribution in [-0.4, -0.2) is 65.4 Å². The molecule has 4 rings (SSSR count). The van der Waals surface area contributed by atoms with Crippen LogP contribution >= 0.6 is 0 Å². The molecule has 0 bridgehead atoms. The van der Waals surface area contributed by atoms with Crippen LogP contribution in [0.5, 0.6) is 0 Å². The summed E-state index contributed by atoms with van der Waals surface area (Å²) in [4.78, 5) is 9.58. The van der Waals surface area contributed by atoms with Gasteiger partial charge in [0.25, 0.3) is 0 Å². The molecule has 1 aliphatic carbocycles. The fraction of sp³-hybridized carbons (Fsp3) is 0.875. The number of piperazine rings is 1. The molecule has 0 amide bonds. The highest BCUT2D eigenvalue weighted by Gasteiger charge is 2.31. The zero-order chi connectivity index (χ0) is 14.9. The number of hydrogen-bond donors (Lipinski definition) is 0. The highest BCUT2D eigenvalue weighted by Crippen LogP contribution is 2.38. The third-order valence-electron chi connectivity index (χ3n) is 5.20. The van der Waals surface area contributed by atoms with E-state index in [1.165, 1.54) is 25.7 Å². The van der Waals surface area contributed by atoms with Crippen LogP contribution in [0, 0.1) is 0 Å². The monoisotopic (exact) mass is 306 g/mol. The van der Waals surface area contributed by atoms with E-state index in [-0.39, 0.29) is 6.04 Å². The smallest absolute Gasteiger partial charge is 0.243 e. The number of nitrogens with zero attached hydrogens (tertiary/aromatic N) is 4. The highest BCUT2D eigenvalue weighted by molar-refractivity contribution is 5.04. The topological polar surface area (TPSA) is 54.6 Å². The lowest BCUT2D eigenvalue weighted by molar-refractivity contribution is 0.0379. The van der Waals surface area contributed by atoms with Crippen LogP contribution in [0.1, 0.15) is 56.3 Å². The molecule has 1 aromatic rings. The fourth-order valence-electron chi connectivity index (χ4n) is 3.49. The Morgan fingerprint density at radius 3 is 2.68 bits per heavy atom. The minimum absolute atomic E-state index is 0.227. The molecule has 122 valence electrons. The third-order valence-corrected chi connectivity index (χ3v) is 5.20. The quantitative estimate of drug-likeness (QED) is 0.827. The molecule has 22 heavy (non-hydrogen) atoms. The first kappa shape index (κ1) is 14.6. The summed E-state index contributed by atoms with van der Waals surface area (Å²) in [5.74, 6) is 2.27. The van der Waals surface area contributed by atoms with Crippen LogP contribution < -0.4 is 0 Å². The van der Waals surface area contributed by atoms with Gasteiger partial charge in [0, 0.05) is 45.2 Å². The summed E-state index contributed by atoms with van der Waals surface area (Å²) >= 11 is 0. The van der Waals surface area contributed by atoms with Crippen LogP contribution in [0.25, 0.3) is 0 Å².